The number of hydrogen-bond acceptors (Lipinski definition) is 3. The van der Waals surface area contributed by atoms with Gasteiger partial charge >= 0.3 is 0 Å². The van der Waals surface area contributed by atoms with E-state index >= 15 is 0 Å². The van der Waals surface area contributed by atoms with Crippen LogP contribution < -0.4 is 11.1 Å². The molecule has 132 valence electrons. The van der Waals surface area contributed by atoms with Crippen molar-refractivity contribution in [2.24, 2.45) is 5.73 Å². The summed E-state index contributed by atoms with van der Waals surface area (Å²) in [5.74, 6) is -0.681. The SMILES string of the molecule is CCN(CC)Cc1ccc(CNC(=O)c2ccc(C(N)=O)cc2)cc1. The molecule has 0 bridgehead atoms. The summed E-state index contributed by atoms with van der Waals surface area (Å²) in [6, 6.07) is 14.6. The zero-order valence-electron chi connectivity index (χ0n) is 14.8. The first-order valence-corrected chi connectivity index (χ1v) is 8.51. The Morgan fingerprint density at radius 2 is 1.40 bits per heavy atom. The van der Waals surface area contributed by atoms with E-state index in [-0.39, 0.29) is 5.91 Å². The zero-order chi connectivity index (χ0) is 18.2. The lowest BCUT2D eigenvalue weighted by Crippen LogP contribution is -2.23. The quantitative estimate of drug-likeness (QED) is 0.776. The first kappa shape index (κ1) is 18.7. The molecule has 25 heavy (non-hydrogen) atoms. The Morgan fingerprint density at radius 1 is 0.880 bits per heavy atom. The summed E-state index contributed by atoms with van der Waals surface area (Å²) in [6.45, 7) is 7.77. The van der Waals surface area contributed by atoms with Crippen LogP contribution in [0, 0.1) is 0 Å². The number of nitrogens with zero attached hydrogens (tertiary/aromatic N) is 1. The van der Waals surface area contributed by atoms with Crippen molar-refractivity contribution >= 4 is 11.8 Å². The van der Waals surface area contributed by atoms with Crippen molar-refractivity contribution in [1.29, 1.82) is 0 Å². The molecule has 0 unspecified atom stereocenters. The van der Waals surface area contributed by atoms with Gasteiger partial charge in [-0.05, 0) is 48.5 Å². The maximum atomic E-state index is 12.2. The van der Waals surface area contributed by atoms with E-state index in [4.69, 9.17) is 5.73 Å². The molecule has 0 aliphatic rings. The zero-order valence-corrected chi connectivity index (χ0v) is 14.8. The minimum absolute atomic E-state index is 0.178. The van der Waals surface area contributed by atoms with Crippen LogP contribution in [0.5, 0.6) is 0 Å². The smallest absolute Gasteiger partial charge is 0.251 e. The van der Waals surface area contributed by atoms with Crippen molar-refractivity contribution in [3.8, 4) is 0 Å². The molecular weight excluding hydrogens is 314 g/mol. The topological polar surface area (TPSA) is 75.4 Å². The van der Waals surface area contributed by atoms with Crippen molar-refractivity contribution in [3.05, 3.63) is 70.8 Å². The summed E-state index contributed by atoms with van der Waals surface area (Å²) in [5, 5.41) is 2.88. The molecule has 2 amide bonds. The van der Waals surface area contributed by atoms with Crippen LogP contribution in [0.2, 0.25) is 0 Å². The second-order valence-electron chi connectivity index (χ2n) is 5.90. The van der Waals surface area contributed by atoms with Gasteiger partial charge in [-0.2, -0.15) is 0 Å². The summed E-state index contributed by atoms with van der Waals surface area (Å²) in [4.78, 5) is 25.6. The van der Waals surface area contributed by atoms with Crippen LogP contribution in [0.4, 0.5) is 0 Å². The van der Waals surface area contributed by atoms with Crippen molar-refractivity contribution in [2.75, 3.05) is 13.1 Å². The third-order valence-corrected chi connectivity index (χ3v) is 4.21. The molecule has 3 N–H and O–H groups in total. The lowest BCUT2D eigenvalue weighted by atomic mass is 10.1. The molecule has 2 aromatic rings. The van der Waals surface area contributed by atoms with Crippen molar-refractivity contribution in [1.82, 2.24) is 10.2 Å². The summed E-state index contributed by atoms with van der Waals surface area (Å²) in [5.41, 5.74) is 8.40. The number of carbonyl (C=O) groups excluding carboxylic acids is 2. The molecule has 0 aromatic heterocycles. The molecule has 0 heterocycles. The highest BCUT2D eigenvalue weighted by molar-refractivity contribution is 5.97. The van der Waals surface area contributed by atoms with Gasteiger partial charge in [0.25, 0.3) is 5.91 Å². The second-order valence-corrected chi connectivity index (χ2v) is 5.90. The van der Waals surface area contributed by atoms with E-state index in [0.29, 0.717) is 17.7 Å². The monoisotopic (exact) mass is 339 g/mol. The van der Waals surface area contributed by atoms with Crippen LogP contribution in [0.15, 0.2) is 48.5 Å². The number of primary amides is 1. The summed E-state index contributed by atoms with van der Waals surface area (Å²) in [6.07, 6.45) is 0. The van der Waals surface area contributed by atoms with Crippen LogP contribution in [0.1, 0.15) is 45.7 Å². The first-order chi connectivity index (χ1) is 12.0. The minimum Gasteiger partial charge on any atom is -0.366 e. The fraction of sp³-hybridized carbons (Fsp3) is 0.300. The summed E-state index contributed by atoms with van der Waals surface area (Å²) < 4.78 is 0. The molecule has 0 saturated heterocycles. The standard InChI is InChI=1S/C20H25N3O2/c1-3-23(4-2)14-16-7-5-15(6-8-16)13-22-20(25)18-11-9-17(10-12-18)19(21)24/h5-12H,3-4,13-14H2,1-2H3,(H2,21,24)(H,22,25). The van der Waals surface area contributed by atoms with E-state index in [9.17, 15) is 9.59 Å². The van der Waals surface area contributed by atoms with Crippen LogP contribution in [0.25, 0.3) is 0 Å². The highest BCUT2D eigenvalue weighted by Gasteiger charge is 2.07. The van der Waals surface area contributed by atoms with E-state index in [1.54, 1.807) is 24.3 Å². The number of nitrogens with one attached hydrogen (secondary N) is 1. The Bertz CT molecular complexity index is 705. The number of carbonyl (C=O) groups is 2. The number of amides is 2. The maximum absolute atomic E-state index is 12.2. The second kappa shape index (κ2) is 8.99. The summed E-state index contributed by atoms with van der Waals surface area (Å²) >= 11 is 0. The molecule has 2 rings (SSSR count). The molecule has 0 fully saturated rings. The van der Waals surface area contributed by atoms with Crippen molar-refractivity contribution in [2.45, 2.75) is 26.9 Å². The van der Waals surface area contributed by atoms with Crippen LogP contribution in [-0.2, 0) is 13.1 Å². The minimum atomic E-state index is -0.503. The van der Waals surface area contributed by atoms with Gasteiger partial charge in [-0.25, -0.2) is 0 Å². The van der Waals surface area contributed by atoms with Crippen LogP contribution in [-0.4, -0.2) is 29.8 Å². The fourth-order valence-corrected chi connectivity index (χ4v) is 2.54. The highest BCUT2D eigenvalue weighted by Crippen LogP contribution is 2.09. The molecule has 5 nitrogen and oxygen atoms in total. The Kier molecular flexibility index (Phi) is 6.71. The highest BCUT2D eigenvalue weighted by atomic mass is 16.2. The molecule has 5 heteroatoms. The van der Waals surface area contributed by atoms with E-state index in [1.165, 1.54) is 5.56 Å². The maximum Gasteiger partial charge on any atom is 0.251 e. The first-order valence-electron chi connectivity index (χ1n) is 8.51. The number of hydrogen-bond donors (Lipinski definition) is 2. The van der Waals surface area contributed by atoms with Gasteiger partial charge in [0.05, 0.1) is 0 Å². The fourth-order valence-electron chi connectivity index (χ4n) is 2.54. The molecule has 0 atom stereocenters. The average Bonchev–Trinajstić information content (AvgIpc) is 2.65. The average molecular weight is 339 g/mol. The van der Waals surface area contributed by atoms with Gasteiger partial charge in [0.15, 0.2) is 0 Å². The molecule has 2 aromatic carbocycles. The largest absolute Gasteiger partial charge is 0.366 e. The van der Waals surface area contributed by atoms with Crippen LogP contribution in [0.3, 0.4) is 0 Å². The normalized spacial score (nSPS) is 10.7. The Labute approximate surface area is 148 Å². The summed E-state index contributed by atoms with van der Waals surface area (Å²) in [7, 11) is 0. The Morgan fingerprint density at radius 3 is 1.92 bits per heavy atom. The number of nitrogens with two attached hydrogens (primary N) is 1. The molecular formula is C20H25N3O2. The molecule has 0 aliphatic heterocycles. The van der Waals surface area contributed by atoms with E-state index in [2.05, 4.69) is 36.2 Å². The van der Waals surface area contributed by atoms with Gasteiger partial charge in [0.2, 0.25) is 5.91 Å². The molecule has 0 aliphatic carbocycles. The third kappa shape index (κ3) is 5.43. The number of benzene rings is 2. The van der Waals surface area contributed by atoms with Gasteiger partial charge in [-0.3, -0.25) is 14.5 Å². The predicted molar refractivity (Wildman–Crippen MR) is 99.2 cm³/mol. The molecule has 0 radical (unpaired) electrons. The van der Waals surface area contributed by atoms with E-state index in [0.717, 1.165) is 25.2 Å². The van der Waals surface area contributed by atoms with Gasteiger partial charge < -0.3 is 11.1 Å². The third-order valence-electron chi connectivity index (χ3n) is 4.21. The van der Waals surface area contributed by atoms with Gasteiger partial charge in [0, 0.05) is 24.2 Å². The molecule has 0 saturated carbocycles. The van der Waals surface area contributed by atoms with Gasteiger partial charge in [0.1, 0.15) is 0 Å². The Balaban J connectivity index is 1.90. The number of rotatable bonds is 8. The van der Waals surface area contributed by atoms with Crippen LogP contribution >= 0.6 is 0 Å². The predicted octanol–water partition coefficient (Wildman–Crippen LogP) is 2.56. The van der Waals surface area contributed by atoms with E-state index < -0.39 is 5.91 Å². The van der Waals surface area contributed by atoms with Gasteiger partial charge in [-0.15, -0.1) is 0 Å². The Hall–Kier alpha value is -2.66. The van der Waals surface area contributed by atoms with Gasteiger partial charge in [-0.1, -0.05) is 38.1 Å². The van der Waals surface area contributed by atoms with Crippen molar-refractivity contribution in [3.63, 3.8) is 0 Å². The van der Waals surface area contributed by atoms with E-state index in [1.807, 2.05) is 12.1 Å². The lowest BCUT2D eigenvalue weighted by Gasteiger charge is -2.18. The lowest BCUT2D eigenvalue weighted by molar-refractivity contribution is 0.0948. The van der Waals surface area contributed by atoms with Crippen molar-refractivity contribution < 1.29 is 9.59 Å². The molecule has 0 spiro atoms.